The van der Waals surface area contributed by atoms with Crippen molar-refractivity contribution in [1.29, 1.82) is 0 Å². The molecule has 2 N–H and O–H groups in total. The van der Waals surface area contributed by atoms with Crippen LogP contribution in [0.4, 0.5) is 0 Å². The van der Waals surface area contributed by atoms with Crippen LogP contribution in [0.25, 0.3) is 0 Å². The van der Waals surface area contributed by atoms with E-state index >= 15 is 0 Å². The summed E-state index contributed by atoms with van der Waals surface area (Å²) in [7, 11) is 1.85. The number of amides is 1. The summed E-state index contributed by atoms with van der Waals surface area (Å²) in [4.78, 5) is 11.3. The normalized spacial score (nSPS) is 10.3. The predicted octanol–water partition coefficient (Wildman–Crippen LogP) is -0.569. The van der Waals surface area contributed by atoms with E-state index in [4.69, 9.17) is 0 Å². The highest BCUT2D eigenvalue weighted by Gasteiger charge is 2.03. The van der Waals surface area contributed by atoms with Crippen LogP contribution in [-0.2, 0) is 18.4 Å². The van der Waals surface area contributed by atoms with Crippen molar-refractivity contribution in [2.45, 2.75) is 19.9 Å². The molecular weight excluding hydrogens is 194 g/mol. The zero-order valence-corrected chi connectivity index (χ0v) is 9.16. The summed E-state index contributed by atoms with van der Waals surface area (Å²) in [6.45, 7) is 4.04. The number of aromatic nitrogens is 3. The van der Waals surface area contributed by atoms with E-state index in [0.29, 0.717) is 19.5 Å². The number of rotatable bonds is 6. The summed E-state index contributed by atoms with van der Waals surface area (Å²) in [6.07, 6.45) is 2.10. The van der Waals surface area contributed by atoms with Crippen molar-refractivity contribution in [2.24, 2.45) is 7.05 Å². The van der Waals surface area contributed by atoms with E-state index in [1.165, 1.54) is 0 Å². The van der Waals surface area contributed by atoms with Crippen LogP contribution >= 0.6 is 0 Å². The van der Waals surface area contributed by atoms with Gasteiger partial charge in [0.1, 0.15) is 6.33 Å². The molecule has 0 saturated carbocycles. The van der Waals surface area contributed by atoms with Gasteiger partial charge in [-0.15, -0.1) is 10.2 Å². The van der Waals surface area contributed by atoms with Crippen LogP contribution in [0, 0.1) is 0 Å². The number of hydrogen-bond donors (Lipinski definition) is 2. The second-order valence-electron chi connectivity index (χ2n) is 3.24. The Labute approximate surface area is 89.1 Å². The van der Waals surface area contributed by atoms with Gasteiger partial charge in [-0.1, -0.05) is 6.92 Å². The Morgan fingerprint density at radius 3 is 3.00 bits per heavy atom. The smallest absolute Gasteiger partial charge is 0.221 e. The third-order valence-electron chi connectivity index (χ3n) is 2.03. The Morgan fingerprint density at radius 2 is 2.40 bits per heavy atom. The van der Waals surface area contributed by atoms with E-state index in [-0.39, 0.29) is 5.91 Å². The molecule has 0 aromatic carbocycles. The van der Waals surface area contributed by atoms with E-state index in [0.717, 1.165) is 12.4 Å². The predicted molar refractivity (Wildman–Crippen MR) is 56.0 cm³/mol. The van der Waals surface area contributed by atoms with E-state index < -0.39 is 0 Å². The Morgan fingerprint density at radius 1 is 1.60 bits per heavy atom. The van der Waals surface area contributed by atoms with E-state index in [9.17, 15) is 4.79 Å². The molecule has 1 rings (SSSR count). The minimum atomic E-state index is 0.0268. The first kappa shape index (κ1) is 11.6. The Kier molecular flexibility index (Phi) is 4.76. The SMILES string of the molecule is CCNCCC(=O)NCc1nncn1C. The average molecular weight is 211 g/mol. The Balaban J connectivity index is 2.20. The highest BCUT2D eigenvalue weighted by molar-refractivity contribution is 5.75. The lowest BCUT2D eigenvalue weighted by Gasteiger charge is -2.04. The first-order valence-corrected chi connectivity index (χ1v) is 5.04. The molecule has 84 valence electrons. The molecule has 0 radical (unpaired) electrons. The molecular formula is C9H17N5O. The molecule has 0 aliphatic carbocycles. The molecule has 0 spiro atoms. The lowest BCUT2D eigenvalue weighted by molar-refractivity contribution is -0.121. The average Bonchev–Trinajstić information content (AvgIpc) is 2.61. The molecule has 1 amide bonds. The summed E-state index contributed by atoms with van der Waals surface area (Å²) < 4.78 is 1.78. The van der Waals surface area contributed by atoms with Gasteiger partial charge in [-0.3, -0.25) is 4.79 Å². The first-order chi connectivity index (χ1) is 7.24. The molecule has 6 heteroatoms. The van der Waals surface area contributed by atoms with Gasteiger partial charge in [-0.2, -0.15) is 0 Å². The highest BCUT2D eigenvalue weighted by atomic mass is 16.1. The van der Waals surface area contributed by atoms with Crippen LogP contribution in [-0.4, -0.2) is 33.8 Å². The quantitative estimate of drug-likeness (QED) is 0.618. The lowest BCUT2D eigenvalue weighted by Crippen LogP contribution is -2.28. The van der Waals surface area contributed by atoms with Crippen LogP contribution in [0.3, 0.4) is 0 Å². The topological polar surface area (TPSA) is 71.8 Å². The number of carbonyl (C=O) groups is 1. The monoisotopic (exact) mass is 211 g/mol. The zero-order chi connectivity index (χ0) is 11.1. The van der Waals surface area contributed by atoms with Gasteiger partial charge in [-0.25, -0.2) is 0 Å². The van der Waals surface area contributed by atoms with Gasteiger partial charge in [0, 0.05) is 20.0 Å². The maximum Gasteiger partial charge on any atom is 0.221 e. The van der Waals surface area contributed by atoms with Crippen molar-refractivity contribution in [2.75, 3.05) is 13.1 Å². The second-order valence-corrected chi connectivity index (χ2v) is 3.24. The van der Waals surface area contributed by atoms with Crippen molar-refractivity contribution < 1.29 is 4.79 Å². The number of nitrogens with zero attached hydrogens (tertiary/aromatic N) is 3. The van der Waals surface area contributed by atoms with E-state index in [1.54, 1.807) is 10.9 Å². The summed E-state index contributed by atoms with van der Waals surface area (Å²) >= 11 is 0. The fraction of sp³-hybridized carbons (Fsp3) is 0.667. The molecule has 0 saturated heterocycles. The number of carbonyl (C=O) groups excluding carboxylic acids is 1. The summed E-state index contributed by atoms with van der Waals surface area (Å²) in [5, 5.41) is 13.5. The fourth-order valence-corrected chi connectivity index (χ4v) is 1.11. The molecule has 0 aliphatic rings. The highest BCUT2D eigenvalue weighted by Crippen LogP contribution is 1.90. The largest absolute Gasteiger partial charge is 0.349 e. The number of hydrogen-bond acceptors (Lipinski definition) is 4. The minimum Gasteiger partial charge on any atom is -0.349 e. The van der Waals surface area contributed by atoms with Gasteiger partial charge in [0.25, 0.3) is 0 Å². The van der Waals surface area contributed by atoms with E-state index in [1.807, 2.05) is 14.0 Å². The van der Waals surface area contributed by atoms with E-state index in [2.05, 4.69) is 20.8 Å². The van der Waals surface area contributed by atoms with Crippen LogP contribution in [0.15, 0.2) is 6.33 Å². The molecule has 6 nitrogen and oxygen atoms in total. The molecule has 0 bridgehead atoms. The van der Waals surface area contributed by atoms with Gasteiger partial charge >= 0.3 is 0 Å². The number of nitrogens with one attached hydrogen (secondary N) is 2. The van der Waals surface area contributed by atoms with Crippen molar-refractivity contribution in [3.63, 3.8) is 0 Å². The van der Waals surface area contributed by atoms with Crippen molar-refractivity contribution >= 4 is 5.91 Å². The summed E-state index contributed by atoms with van der Waals surface area (Å²) in [6, 6.07) is 0. The van der Waals surface area contributed by atoms with Crippen molar-refractivity contribution in [3.05, 3.63) is 12.2 Å². The van der Waals surface area contributed by atoms with Crippen LogP contribution < -0.4 is 10.6 Å². The van der Waals surface area contributed by atoms with Crippen molar-refractivity contribution in [3.8, 4) is 0 Å². The summed E-state index contributed by atoms with van der Waals surface area (Å²) in [5.41, 5.74) is 0. The fourth-order valence-electron chi connectivity index (χ4n) is 1.11. The molecule has 15 heavy (non-hydrogen) atoms. The Hall–Kier alpha value is -1.43. The first-order valence-electron chi connectivity index (χ1n) is 5.04. The minimum absolute atomic E-state index is 0.0268. The molecule has 0 unspecified atom stereocenters. The van der Waals surface area contributed by atoms with Gasteiger partial charge in [0.2, 0.25) is 5.91 Å². The van der Waals surface area contributed by atoms with Gasteiger partial charge in [-0.05, 0) is 6.54 Å². The maximum absolute atomic E-state index is 11.3. The van der Waals surface area contributed by atoms with Gasteiger partial charge in [0.15, 0.2) is 5.82 Å². The lowest BCUT2D eigenvalue weighted by atomic mass is 10.4. The Bertz CT molecular complexity index is 309. The molecule has 1 aromatic heterocycles. The number of aryl methyl sites for hydroxylation is 1. The molecule has 0 fully saturated rings. The van der Waals surface area contributed by atoms with Crippen LogP contribution in [0.2, 0.25) is 0 Å². The van der Waals surface area contributed by atoms with Gasteiger partial charge in [0.05, 0.1) is 6.54 Å². The molecule has 0 aliphatic heterocycles. The van der Waals surface area contributed by atoms with Crippen LogP contribution in [0.1, 0.15) is 19.2 Å². The molecule has 1 aromatic rings. The second kappa shape index (κ2) is 6.13. The van der Waals surface area contributed by atoms with Crippen molar-refractivity contribution in [1.82, 2.24) is 25.4 Å². The third-order valence-corrected chi connectivity index (χ3v) is 2.03. The van der Waals surface area contributed by atoms with Crippen LogP contribution in [0.5, 0.6) is 0 Å². The third kappa shape index (κ3) is 4.07. The summed E-state index contributed by atoms with van der Waals surface area (Å²) in [5.74, 6) is 0.783. The zero-order valence-electron chi connectivity index (χ0n) is 9.16. The maximum atomic E-state index is 11.3. The molecule has 0 atom stereocenters. The molecule has 1 heterocycles. The van der Waals surface area contributed by atoms with Gasteiger partial charge < -0.3 is 15.2 Å². The standard InChI is InChI=1S/C9H17N5O/c1-3-10-5-4-9(15)11-6-8-13-12-7-14(8)2/h7,10H,3-6H2,1-2H3,(H,11,15).